The Morgan fingerprint density at radius 2 is 1.41 bits per heavy atom. The molecule has 4 fully saturated rings. The van der Waals surface area contributed by atoms with Gasteiger partial charge in [-0.25, -0.2) is 0 Å². The van der Waals surface area contributed by atoms with E-state index in [1.54, 1.807) is 0 Å². The Morgan fingerprint density at radius 3 is 2.06 bits per heavy atom. The summed E-state index contributed by atoms with van der Waals surface area (Å²) in [5.74, 6) is 2.76. The van der Waals surface area contributed by atoms with Gasteiger partial charge in [0.25, 0.3) is 10.1 Å². The van der Waals surface area contributed by atoms with Gasteiger partial charge in [-0.05, 0) is 154 Å². The molecule has 0 bridgehead atoms. The van der Waals surface area contributed by atoms with Crippen molar-refractivity contribution < 1.29 is 26.8 Å². The number of hydrogen-bond donors (Lipinski definition) is 1. The van der Waals surface area contributed by atoms with Crippen molar-refractivity contribution in [1.82, 2.24) is 5.32 Å². The van der Waals surface area contributed by atoms with E-state index >= 15 is 0 Å². The minimum absolute atomic E-state index is 0.0301. The van der Waals surface area contributed by atoms with Crippen LogP contribution in [0.25, 0.3) is 31.3 Å². The highest BCUT2D eigenvalue weighted by molar-refractivity contribution is 7.85. The molecule has 1 N–H and O–H groups in total. The van der Waals surface area contributed by atoms with Gasteiger partial charge in [-0.1, -0.05) is 36.1 Å². The Bertz CT molecular complexity index is 1420. The summed E-state index contributed by atoms with van der Waals surface area (Å²) < 4.78 is 47.6. The van der Waals surface area contributed by atoms with Crippen LogP contribution in [0.3, 0.4) is 0 Å². The van der Waals surface area contributed by atoms with E-state index in [2.05, 4.69) is 56.2 Å². The van der Waals surface area contributed by atoms with E-state index in [1.165, 1.54) is 0 Å². The lowest BCUT2D eigenvalue weighted by Gasteiger charge is -2.65. The van der Waals surface area contributed by atoms with Crippen molar-refractivity contribution in [2.75, 3.05) is 65.4 Å². The third kappa shape index (κ3) is 11.8. The Labute approximate surface area is 322 Å². The van der Waals surface area contributed by atoms with Crippen molar-refractivity contribution >= 4 is 10.1 Å². The molecule has 0 radical (unpaired) electrons. The topological polar surface area (TPSA) is 229 Å². The molecule has 17 heteroatoms. The van der Waals surface area contributed by atoms with Crippen LogP contribution in [0.4, 0.5) is 0 Å². The first kappa shape index (κ1) is 44.4. The van der Waals surface area contributed by atoms with Crippen LogP contribution in [0, 0.1) is 46.3 Å². The van der Waals surface area contributed by atoms with Crippen LogP contribution >= 0.6 is 0 Å². The number of nitrogens with one attached hydrogen (secondary N) is 1. The van der Waals surface area contributed by atoms with Crippen LogP contribution in [0.15, 0.2) is 15.3 Å². The standard InChI is InChI=1S/C37H66N10O6S/c1-27(10-5-15-41-16-6-23-53-54(4,48)49)30-11-12-31-35-32(26-34(37(30,31)3)52-22-9-19-44-47-40)36(2)14-13-29(50-20-7-17-42-45-38)24-28(36)25-33(35)51-21-8-18-43-46-39/h27-35,41H,5-26H2,1-4H3/t27-,28?,29-,30?,31+,32+,33-,34+,35?,36+,37-/m1/s1. The predicted octanol–water partition coefficient (Wildman–Crippen LogP) is 8.49. The summed E-state index contributed by atoms with van der Waals surface area (Å²) in [6, 6.07) is 0. The maximum absolute atomic E-state index is 11.2. The molecule has 0 spiro atoms. The maximum atomic E-state index is 11.2. The highest BCUT2D eigenvalue weighted by Gasteiger charge is 2.66. The molecule has 4 rings (SSSR count). The third-order valence-electron chi connectivity index (χ3n) is 13.7. The summed E-state index contributed by atoms with van der Waals surface area (Å²) >= 11 is 0. The van der Waals surface area contributed by atoms with Crippen LogP contribution in [0.1, 0.15) is 104 Å². The summed E-state index contributed by atoms with van der Waals surface area (Å²) in [6.07, 6.45) is 13.8. The molecule has 0 amide bonds. The second-order valence-electron chi connectivity index (χ2n) is 16.7. The number of ether oxygens (including phenoxy) is 3. The molecular weight excluding hydrogens is 713 g/mol. The zero-order valence-electron chi connectivity index (χ0n) is 33.1. The van der Waals surface area contributed by atoms with Gasteiger partial charge < -0.3 is 19.5 Å². The summed E-state index contributed by atoms with van der Waals surface area (Å²) in [6.45, 7) is 12.3. The Kier molecular flexibility index (Phi) is 18.0. The summed E-state index contributed by atoms with van der Waals surface area (Å²) in [5.41, 5.74) is 26.5. The molecule has 0 aromatic rings. The zero-order valence-corrected chi connectivity index (χ0v) is 34.0. The molecule has 4 aliphatic rings. The summed E-state index contributed by atoms with van der Waals surface area (Å²) in [5, 5.41) is 14.7. The number of azide groups is 3. The van der Waals surface area contributed by atoms with Crippen LogP contribution < -0.4 is 5.32 Å². The lowest BCUT2D eigenvalue weighted by Crippen LogP contribution is -2.63. The molecule has 4 aliphatic carbocycles. The zero-order chi connectivity index (χ0) is 39.0. The second-order valence-corrected chi connectivity index (χ2v) is 18.4. The fraction of sp³-hybridized carbons (Fsp3) is 1.00. The predicted molar refractivity (Wildman–Crippen MR) is 208 cm³/mol. The normalized spacial score (nSPS) is 33.6. The van der Waals surface area contributed by atoms with Crippen molar-refractivity contribution in [1.29, 1.82) is 0 Å². The van der Waals surface area contributed by atoms with Gasteiger partial charge in [-0.3, -0.25) is 4.18 Å². The van der Waals surface area contributed by atoms with Gasteiger partial charge >= 0.3 is 0 Å². The van der Waals surface area contributed by atoms with Crippen LogP contribution in [0.2, 0.25) is 0 Å². The quantitative estimate of drug-likeness (QED) is 0.0312. The summed E-state index contributed by atoms with van der Waals surface area (Å²) in [4.78, 5) is 8.76. The molecule has 3 unspecified atom stereocenters. The van der Waals surface area contributed by atoms with E-state index < -0.39 is 10.1 Å². The fourth-order valence-corrected chi connectivity index (χ4v) is 11.6. The molecule has 306 valence electrons. The molecule has 0 heterocycles. The Balaban J connectivity index is 1.51. The van der Waals surface area contributed by atoms with E-state index in [0.29, 0.717) is 94.2 Å². The minimum Gasteiger partial charge on any atom is -0.378 e. The Hall–Kier alpha value is -2.32. The smallest absolute Gasteiger partial charge is 0.264 e. The molecule has 0 aromatic heterocycles. The first-order valence-electron chi connectivity index (χ1n) is 20.4. The summed E-state index contributed by atoms with van der Waals surface area (Å²) in [7, 11) is -3.41. The molecule has 0 aromatic carbocycles. The van der Waals surface area contributed by atoms with E-state index in [-0.39, 0.29) is 35.7 Å². The minimum atomic E-state index is -3.41. The van der Waals surface area contributed by atoms with E-state index in [0.717, 1.165) is 83.6 Å². The lowest BCUT2D eigenvalue weighted by atomic mass is 9.43. The van der Waals surface area contributed by atoms with Gasteiger partial charge in [-0.2, -0.15) is 8.42 Å². The second kappa shape index (κ2) is 21.8. The highest BCUT2D eigenvalue weighted by Crippen LogP contribution is 2.69. The highest BCUT2D eigenvalue weighted by atomic mass is 32.2. The molecule has 4 saturated carbocycles. The van der Waals surface area contributed by atoms with Crippen LogP contribution in [-0.2, 0) is 28.5 Å². The van der Waals surface area contributed by atoms with Gasteiger partial charge in [0.2, 0.25) is 0 Å². The van der Waals surface area contributed by atoms with Gasteiger partial charge in [-0.15, -0.1) is 0 Å². The SMILES string of the molecule is C[C@H](CCCNCCCOS(C)(=O)=O)C1CC[C@H]2C3[C@H](OCCCN=[N+]=[N-])CC4C[C@H](OCCCN=[N+]=[N-])CC[C@]4(C)[C@H]3C[C@H](OCCCN=[N+]=[N-])[C@]12C. The largest absolute Gasteiger partial charge is 0.378 e. The van der Waals surface area contributed by atoms with Crippen LogP contribution in [0.5, 0.6) is 0 Å². The maximum Gasteiger partial charge on any atom is 0.264 e. The first-order chi connectivity index (χ1) is 26.0. The Morgan fingerprint density at radius 1 is 0.778 bits per heavy atom. The monoisotopic (exact) mass is 778 g/mol. The molecule has 16 nitrogen and oxygen atoms in total. The number of hydrogen-bond acceptors (Lipinski definition) is 10. The van der Waals surface area contributed by atoms with Crippen molar-refractivity contribution in [2.24, 2.45) is 61.7 Å². The van der Waals surface area contributed by atoms with Crippen molar-refractivity contribution in [3.63, 3.8) is 0 Å². The number of rotatable bonds is 25. The molecule has 54 heavy (non-hydrogen) atoms. The first-order valence-corrected chi connectivity index (χ1v) is 22.2. The van der Waals surface area contributed by atoms with E-state index in [9.17, 15) is 8.42 Å². The fourth-order valence-electron chi connectivity index (χ4n) is 11.2. The third-order valence-corrected chi connectivity index (χ3v) is 14.2. The van der Waals surface area contributed by atoms with E-state index in [1.807, 2.05) is 0 Å². The molecular formula is C37H66N10O6S. The van der Waals surface area contributed by atoms with Crippen molar-refractivity contribution in [3.8, 4) is 0 Å². The van der Waals surface area contributed by atoms with Crippen molar-refractivity contribution in [2.45, 2.75) is 123 Å². The number of fused-ring (bicyclic) bond motifs is 5. The molecule has 0 saturated heterocycles. The number of nitrogens with zero attached hydrogens (tertiary/aromatic N) is 9. The van der Waals surface area contributed by atoms with Crippen molar-refractivity contribution in [3.05, 3.63) is 31.3 Å². The van der Waals surface area contributed by atoms with Gasteiger partial charge in [0.05, 0.1) is 31.2 Å². The van der Waals surface area contributed by atoms with Crippen LogP contribution in [-0.4, -0.2) is 92.1 Å². The molecule has 0 aliphatic heterocycles. The van der Waals surface area contributed by atoms with Gasteiger partial charge in [0.1, 0.15) is 0 Å². The average molecular weight is 779 g/mol. The van der Waals surface area contributed by atoms with Gasteiger partial charge in [0.15, 0.2) is 0 Å². The average Bonchev–Trinajstić information content (AvgIpc) is 3.50. The molecule has 11 atom stereocenters. The lowest BCUT2D eigenvalue weighted by molar-refractivity contribution is -0.227. The van der Waals surface area contributed by atoms with Gasteiger partial charge in [0, 0.05) is 59.6 Å². The van der Waals surface area contributed by atoms with E-state index in [4.69, 9.17) is 35.0 Å².